The van der Waals surface area contributed by atoms with Crippen molar-refractivity contribution in [3.8, 4) is 29.1 Å². The van der Waals surface area contributed by atoms with Crippen LogP contribution in [0.3, 0.4) is 0 Å². The molecule has 140 valence electrons. The van der Waals surface area contributed by atoms with E-state index in [-0.39, 0.29) is 18.3 Å². The summed E-state index contributed by atoms with van der Waals surface area (Å²) in [4.78, 5) is 11.9. The van der Waals surface area contributed by atoms with Crippen LogP contribution in [0.2, 0.25) is 0 Å². The molecule has 0 bridgehead atoms. The van der Waals surface area contributed by atoms with Gasteiger partial charge in [0, 0.05) is 11.6 Å². The highest BCUT2D eigenvalue weighted by molar-refractivity contribution is 5.92. The Bertz CT molecular complexity index is 854. The average molecular weight is 369 g/mol. The van der Waals surface area contributed by atoms with E-state index >= 15 is 0 Å². The molecule has 2 aromatic carbocycles. The molecule has 0 aliphatic rings. The van der Waals surface area contributed by atoms with Crippen LogP contribution in [0.15, 0.2) is 42.5 Å². The standard InChI is InChI=1S/C21H20FNO4/c1-25-18-13-16(14-19(26-2)21(18)27-3)8-11-20(24)23-12-4-5-15-6-9-17(22)10-7-15/h6-11,13-14H,12H2,1-3H3,(H,23,24)/b11-8+. The van der Waals surface area contributed by atoms with E-state index in [0.717, 1.165) is 5.56 Å². The molecule has 0 unspecified atom stereocenters. The molecule has 0 saturated heterocycles. The monoisotopic (exact) mass is 369 g/mol. The number of hydrogen-bond donors (Lipinski definition) is 1. The first kappa shape index (κ1) is 19.9. The van der Waals surface area contributed by atoms with Crippen LogP contribution in [-0.4, -0.2) is 33.8 Å². The van der Waals surface area contributed by atoms with Crippen LogP contribution < -0.4 is 19.5 Å². The third-order valence-electron chi connectivity index (χ3n) is 3.54. The number of carbonyl (C=O) groups excluding carboxylic acids is 1. The lowest BCUT2D eigenvalue weighted by molar-refractivity contribution is -0.116. The first-order valence-electron chi connectivity index (χ1n) is 8.07. The Morgan fingerprint density at radius 3 is 2.26 bits per heavy atom. The van der Waals surface area contributed by atoms with Crippen molar-refractivity contribution < 1.29 is 23.4 Å². The lowest BCUT2D eigenvalue weighted by Gasteiger charge is -2.12. The number of methoxy groups -OCH3 is 3. The van der Waals surface area contributed by atoms with Gasteiger partial charge in [0.25, 0.3) is 0 Å². The second kappa shape index (κ2) is 9.88. The van der Waals surface area contributed by atoms with Crippen molar-refractivity contribution in [2.75, 3.05) is 27.9 Å². The van der Waals surface area contributed by atoms with E-state index in [2.05, 4.69) is 17.2 Å². The molecule has 0 aliphatic heterocycles. The zero-order chi connectivity index (χ0) is 19.6. The average Bonchev–Trinajstić information content (AvgIpc) is 2.70. The van der Waals surface area contributed by atoms with Gasteiger partial charge in [0.15, 0.2) is 11.5 Å². The maximum absolute atomic E-state index is 12.8. The summed E-state index contributed by atoms with van der Waals surface area (Å²) in [5.74, 6) is 6.53. The normalized spacial score (nSPS) is 10.1. The third-order valence-corrected chi connectivity index (χ3v) is 3.54. The first-order chi connectivity index (χ1) is 13.1. The van der Waals surface area contributed by atoms with Gasteiger partial charge in [-0.3, -0.25) is 4.79 Å². The van der Waals surface area contributed by atoms with E-state index in [1.807, 2.05) is 0 Å². The van der Waals surface area contributed by atoms with Crippen molar-refractivity contribution in [3.63, 3.8) is 0 Å². The Labute approximate surface area is 157 Å². The Morgan fingerprint density at radius 1 is 1.07 bits per heavy atom. The largest absolute Gasteiger partial charge is 0.493 e. The fourth-order valence-corrected chi connectivity index (χ4v) is 2.24. The van der Waals surface area contributed by atoms with Crippen LogP contribution in [0.1, 0.15) is 11.1 Å². The molecule has 27 heavy (non-hydrogen) atoms. The number of halogens is 1. The molecule has 0 radical (unpaired) electrons. The SMILES string of the molecule is COc1cc(/C=C/C(=O)NCC#Cc2ccc(F)cc2)cc(OC)c1OC. The van der Waals surface area contributed by atoms with Crippen molar-refractivity contribution >= 4 is 12.0 Å². The summed E-state index contributed by atoms with van der Waals surface area (Å²) in [7, 11) is 4.57. The number of benzene rings is 2. The zero-order valence-electron chi connectivity index (χ0n) is 15.3. The molecule has 0 atom stereocenters. The Morgan fingerprint density at radius 2 is 1.70 bits per heavy atom. The molecule has 0 aliphatic carbocycles. The number of nitrogens with one attached hydrogen (secondary N) is 1. The molecule has 1 N–H and O–H groups in total. The number of carbonyl (C=O) groups is 1. The van der Waals surface area contributed by atoms with Crippen molar-refractivity contribution in [1.82, 2.24) is 5.32 Å². The van der Waals surface area contributed by atoms with Gasteiger partial charge in [-0.2, -0.15) is 0 Å². The molecule has 5 nitrogen and oxygen atoms in total. The Hall–Kier alpha value is -3.46. The highest BCUT2D eigenvalue weighted by Crippen LogP contribution is 2.38. The predicted molar refractivity (Wildman–Crippen MR) is 101 cm³/mol. The number of rotatable bonds is 6. The van der Waals surface area contributed by atoms with E-state index < -0.39 is 0 Å². The highest BCUT2D eigenvalue weighted by atomic mass is 19.1. The molecule has 6 heteroatoms. The minimum Gasteiger partial charge on any atom is -0.493 e. The zero-order valence-corrected chi connectivity index (χ0v) is 15.3. The second-order valence-electron chi connectivity index (χ2n) is 5.32. The van der Waals surface area contributed by atoms with Crippen LogP contribution in [-0.2, 0) is 4.79 Å². The number of ether oxygens (including phenoxy) is 3. The Balaban J connectivity index is 1.97. The van der Waals surface area contributed by atoms with Gasteiger partial charge >= 0.3 is 0 Å². The molecule has 2 rings (SSSR count). The predicted octanol–water partition coefficient (Wildman–Crippen LogP) is 3.03. The molecule has 0 aromatic heterocycles. The summed E-state index contributed by atoms with van der Waals surface area (Å²) >= 11 is 0. The van der Waals surface area contributed by atoms with Gasteiger partial charge < -0.3 is 19.5 Å². The minimum atomic E-state index is -0.314. The van der Waals surface area contributed by atoms with E-state index in [1.165, 1.54) is 39.5 Å². The van der Waals surface area contributed by atoms with Crippen molar-refractivity contribution in [2.24, 2.45) is 0 Å². The molecular formula is C21H20FNO4. The molecule has 1 amide bonds. The number of amides is 1. The number of hydrogen-bond acceptors (Lipinski definition) is 4. The molecular weight excluding hydrogens is 349 g/mol. The van der Waals surface area contributed by atoms with Gasteiger partial charge in [-0.25, -0.2) is 4.39 Å². The maximum Gasteiger partial charge on any atom is 0.244 e. The van der Waals surface area contributed by atoms with E-state index in [1.54, 1.807) is 30.3 Å². The summed E-state index contributed by atoms with van der Waals surface area (Å²) < 4.78 is 28.6. The van der Waals surface area contributed by atoms with Crippen molar-refractivity contribution in [1.29, 1.82) is 0 Å². The van der Waals surface area contributed by atoms with Gasteiger partial charge in [0.1, 0.15) is 5.82 Å². The first-order valence-corrected chi connectivity index (χ1v) is 8.07. The van der Waals surface area contributed by atoms with Crippen molar-refractivity contribution in [2.45, 2.75) is 0 Å². The molecule has 0 heterocycles. The van der Waals surface area contributed by atoms with Gasteiger partial charge in [0.05, 0.1) is 27.9 Å². The van der Waals surface area contributed by atoms with Gasteiger partial charge in [-0.15, -0.1) is 0 Å². The molecule has 0 fully saturated rings. The summed E-state index contributed by atoms with van der Waals surface area (Å²) in [6.07, 6.45) is 3.02. The van der Waals surface area contributed by atoms with Crippen LogP contribution in [0.25, 0.3) is 6.08 Å². The lowest BCUT2D eigenvalue weighted by Crippen LogP contribution is -2.20. The highest BCUT2D eigenvalue weighted by Gasteiger charge is 2.12. The molecule has 2 aromatic rings. The quantitative estimate of drug-likeness (QED) is 0.628. The summed E-state index contributed by atoms with van der Waals surface area (Å²) in [5.41, 5.74) is 1.40. The Kier molecular flexibility index (Phi) is 7.26. The summed E-state index contributed by atoms with van der Waals surface area (Å²) in [6, 6.07) is 9.30. The fourth-order valence-electron chi connectivity index (χ4n) is 2.24. The lowest BCUT2D eigenvalue weighted by atomic mass is 10.1. The molecule has 0 saturated carbocycles. The van der Waals surface area contributed by atoms with Gasteiger partial charge in [0.2, 0.25) is 11.7 Å². The minimum absolute atomic E-state index is 0.176. The fraction of sp³-hybridized carbons (Fsp3) is 0.190. The smallest absolute Gasteiger partial charge is 0.244 e. The topological polar surface area (TPSA) is 56.8 Å². The van der Waals surface area contributed by atoms with Crippen LogP contribution >= 0.6 is 0 Å². The van der Waals surface area contributed by atoms with E-state index in [0.29, 0.717) is 22.8 Å². The maximum atomic E-state index is 12.8. The third kappa shape index (κ3) is 5.79. The van der Waals surface area contributed by atoms with Crippen LogP contribution in [0.4, 0.5) is 4.39 Å². The van der Waals surface area contributed by atoms with E-state index in [4.69, 9.17) is 14.2 Å². The second-order valence-corrected chi connectivity index (χ2v) is 5.32. The van der Waals surface area contributed by atoms with E-state index in [9.17, 15) is 9.18 Å². The summed E-state index contributed by atoms with van der Waals surface area (Å²) in [5, 5.41) is 2.65. The summed E-state index contributed by atoms with van der Waals surface area (Å²) in [6.45, 7) is 0.176. The molecule has 0 spiro atoms. The van der Waals surface area contributed by atoms with Crippen molar-refractivity contribution in [3.05, 3.63) is 59.4 Å². The van der Waals surface area contributed by atoms with Gasteiger partial charge in [-0.1, -0.05) is 11.8 Å². The van der Waals surface area contributed by atoms with Gasteiger partial charge in [-0.05, 0) is 48.0 Å². The van der Waals surface area contributed by atoms with Crippen LogP contribution in [0, 0.1) is 17.7 Å². The van der Waals surface area contributed by atoms with Crippen LogP contribution in [0.5, 0.6) is 17.2 Å².